The van der Waals surface area contributed by atoms with E-state index in [9.17, 15) is 10.2 Å². The molecule has 0 saturated carbocycles. The molecule has 0 fully saturated rings. The molecule has 0 aromatic heterocycles. The molecule has 0 unspecified atom stereocenters. The largest absolute Gasteiger partial charge is 0.508 e. The minimum absolute atomic E-state index is 0.0520. The first-order chi connectivity index (χ1) is 8.20. The minimum Gasteiger partial charge on any atom is -0.508 e. The Labute approximate surface area is 101 Å². The van der Waals surface area contributed by atoms with Gasteiger partial charge in [-0.05, 0) is 41.8 Å². The molecular formula is C15H14O2. The Morgan fingerprint density at radius 2 is 1.12 bits per heavy atom. The second-order valence-electron chi connectivity index (χ2n) is 3.90. The lowest BCUT2D eigenvalue weighted by Gasteiger charge is -2.15. The summed E-state index contributed by atoms with van der Waals surface area (Å²) in [5.41, 5.74) is 2.13. The number of rotatable bonds is 3. The predicted molar refractivity (Wildman–Crippen MR) is 67.0 cm³/mol. The van der Waals surface area contributed by atoms with Gasteiger partial charge < -0.3 is 10.2 Å². The highest BCUT2D eigenvalue weighted by molar-refractivity contribution is 5.39. The maximum atomic E-state index is 9.26. The normalized spacial score (nSPS) is 10.7. The molecule has 0 heterocycles. The van der Waals surface area contributed by atoms with Crippen LogP contribution in [-0.4, -0.2) is 10.2 Å². The van der Waals surface area contributed by atoms with Crippen molar-refractivity contribution in [3.05, 3.63) is 66.1 Å². The maximum Gasteiger partial charge on any atom is 0.115 e. The van der Waals surface area contributed by atoms with Gasteiger partial charge in [-0.2, -0.15) is 0 Å². The lowest BCUT2D eigenvalue weighted by atomic mass is 9.89. The summed E-state index contributed by atoms with van der Waals surface area (Å²) in [6.07, 6.45) is 3.21. The lowest BCUT2D eigenvalue weighted by molar-refractivity contribution is 0.475. The number of phenolic OH excluding ortho intramolecular Hbond substituents is 2. The van der Waals surface area contributed by atoms with Gasteiger partial charge in [-0.25, -0.2) is 0 Å². The number of phenols is 2. The van der Waals surface area contributed by atoms with Gasteiger partial charge in [0, 0.05) is 5.92 Å². The molecule has 86 valence electrons. The Balaban J connectivity index is 2.33. The van der Waals surface area contributed by atoms with Crippen LogP contribution in [0.1, 0.15) is 24.0 Å². The molecule has 0 atom stereocenters. The molecule has 0 saturated heterocycles. The highest BCUT2D eigenvalue weighted by Crippen LogP contribution is 2.29. The van der Waals surface area contributed by atoms with Crippen LogP contribution in [0.4, 0.5) is 0 Å². The number of hydrogen-bond donors (Lipinski definition) is 2. The summed E-state index contributed by atoms with van der Waals surface area (Å²) >= 11 is 0. The zero-order valence-corrected chi connectivity index (χ0v) is 9.59. The van der Waals surface area contributed by atoms with E-state index in [4.69, 9.17) is 0 Å². The first-order valence-electron chi connectivity index (χ1n) is 5.46. The average Bonchev–Trinajstić information content (AvgIpc) is 2.35. The molecule has 2 radical (unpaired) electrons. The van der Waals surface area contributed by atoms with E-state index >= 15 is 0 Å². The molecule has 2 rings (SSSR count). The van der Waals surface area contributed by atoms with Crippen molar-refractivity contribution in [2.45, 2.75) is 12.8 Å². The second-order valence-corrected chi connectivity index (χ2v) is 3.90. The summed E-state index contributed by atoms with van der Waals surface area (Å²) < 4.78 is 0. The summed E-state index contributed by atoms with van der Waals surface area (Å²) in [6.45, 7) is 1.88. The van der Waals surface area contributed by atoms with E-state index in [2.05, 4.69) is 6.42 Å². The van der Waals surface area contributed by atoms with Crippen molar-refractivity contribution in [1.82, 2.24) is 0 Å². The molecule has 0 amide bonds. The van der Waals surface area contributed by atoms with Crippen LogP contribution in [0.2, 0.25) is 0 Å². The van der Waals surface area contributed by atoms with Crippen LogP contribution in [-0.2, 0) is 0 Å². The molecular weight excluding hydrogens is 212 g/mol. The van der Waals surface area contributed by atoms with Crippen LogP contribution < -0.4 is 0 Å². The Bertz CT molecular complexity index is 426. The van der Waals surface area contributed by atoms with E-state index in [0.29, 0.717) is 0 Å². The smallest absolute Gasteiger partial charge is 0.115 e. The second kappa shape index (κ2) is 4.91. The molecule has 17 heavy (non-hydrogen) atoms. The van der Waals surface area contributed by atoms with Crippen LogP contribution in [0.25, 0.3) is 0 Å². The van der Waals surface area contributed by atoms with Crippen molar-refractivity contribution in [3.63, 3.8) is 0 Å². The molecule has 0 bridgehead atoms. The van der Waals surface area contributed by atoms with E-state index in [1.54, 1.807) is 24.3 Å². The van der Waals surface area contributed by atoms with Crippen LogP contribution in [0.3, 0.4) is 0 Å². The van der Waals surface area contributed by atoms with Gasteiger partial charge in [-0.3, -0.25) is 0 Å². The highest BCUT2D eigenvalue weighted by Gasteiger charge is 2.12. The zero-order valence-electron chi connectivity index (χ0n) is 9.59. The molecule has 2 aromatic carbocycles. The predicted octanol–water partition coefficient (Wildman–Crippen LogP) is 3.33. The van der Waals surface area contributed by atoms with Gasteiger partial charge in [0.15, 0.2) is 0 Å². The molecule has 0 aliphatic rings. The van der Waals surface area contributed by atoms with Crippen molar-refractivity contribution in [3.8, 4) is 11.5 Å². The van der Waals surface area contributed by atoms with E-state index in [-0.39, 0.29) is 17.4 Å². The topological polar surface area (TPSA) is 40.5 Å². The molecule has 2 N–H and O–H groups in total. The molecule has 0 aliphatic heterocycles. The maximum absolute atomic E-state index is 9.26. The van der Waals surface area contributed by atoms with E-state index < -0.39 is 0 Å². The van der Waals surface area contributed by atoms with Crippen LogP contribution in [0.5, 0.6) is 11.5 Å². The first-order valence-corrected chi connectivity index (χ1v) is 5.46. The van der Waals surface area contributed by atoms with Crippen molar-refractivity contribution < 1.29 is 10.2 Å². The summed E-state index contributed by atoms with van der Waals surface area (Å²) in [4.78, 5) is 0. The van der Waals surface area contributed by atoms with Crippen molar-refractivity contribution in [1.29, 1.82) is 0 Å². The molecule has 0 aliphatic carbocycles. The van der Waals surface area contributed by atoms with Crippen molar-refractivity contribution in [2.75, 3.05) is 0 Å². The number of hydrogen-bond acceptors (Lipinski definition) is 2. The average molecular weight is 226 g/mol. The quantitative estimate of drug-likeness (QED) is 0.842. The third-order valence-corrected chi connectivity index (χ3v) is 2.74. The summed E-state index contributed by atoms with van der Waals surface area (Å²) in [7, 11) is 0. The van der Waals surface area contributed by atoms with Gasteiger partial charge in [0.05, 0.1) is 0 Å². The van der Waals surface area contributed by atoms with E-state index in [0.717, 1.165) is 11.1 Å². The monoisotopic (exact) mass is 226 g/mol. The SMILES string of the molecule is C[C]C(c1ccc(O)cc1)c1ccc(O)cc1. The van der Waals surface area contributed by atoms with Gasteiger partial charge in [0.25, 0.3) is 0 Å². The summed E-state index contributed by atoms with van der Waals surface area (Å²) in [5, 5.41) is 18.5. The Morgan fingerprint density at radius 1 is 0.765 bits per heavy atom. The first kappa shape index (κ1) is 11.5. The molecule has 0 spiro atoms. The third-order valence-electron chi connectivity index (χ3n) is 2.74. The van der Waals surface area contributed by atoms with Crippen LogP contribution in [0.15, 0.2) is 48.5 Å². The Morgan fingerprint density at radius 3 is 1.41 bits per heavy atom. The van der Waals surface area contributed by atoms with Gasteiger partial charge in [-0.15, -0.1) is 0 Å². The standard InChI is InChI=1S/C15H14O2/c1-2-15(11-3-7-13(16)8-4-11)12-5-9-14(17)10-6-12/h3-10,15-17H,1H3. The number of aromatic hydroxyl groups is 2. The third kappa shape index (κ3) is 2.59. The fourth-order valence-corrected chi connectivity index (χ4v) is 1.86. The molecule has 2 aromatic rings. The number of benzene rings is 2. The highest BCUT2D eigenvalue weighted by atomic mass is 16.3. The summed E-state index contributed by atoms with van der Waals surface area (Å²) in [6, 6.07) is 14.2. The van der Waals surface area contributed by atoms with Gasteiger partial charge in [0.2, 0.25) is 0 Å². The van der Waals surface area contributed by atoms with Gasteiger partial charge >= 0.3 is 0 Å². The Kier molecular flexibility index (Phi) is 3.33. The van der Waals surface area contributed by atoms with Gasteiger partial charge in [-0.1, -0.05) is 31.2 Å². The fourth-order valence-electron chi connectivity index (χ4n) is 1.86. The van der Waals surface area contributed by atoms with Crippen molar-refractivity contribution in [2.24, 2.45) is 0 Å². The Hall–Kier alpha value is -1.96. The fraction of sp³-hybridized carbons (Fsp3) is 0.133. The zero-order chi connectivity index (χ0) is 12.3. The van der Waals surface area contributed by atoms with E-state index in [1.807, 2.05) is 31.2 Å². The van der Waals surface area contributed by atoms with Crippen molar-refractivity contribution >= 4 is 0 Å². The van der Waals surface area contributed by atoms with Crippen LogP contribution >= 0.6 is 0 Å². The molecule has 2 heteroatoms. The lowest BCUT2D eigenvalue weighted by Crippen LogP contribution is -1.99. The van der Waals surface area contributed by atoms with Crippen LogP contribution in [0, 0.1) is 6.42 Å². The van der Waals surface area contributed by atoms with E-state index in [1.165, 1.54) is 0 Å². The minimum atomic E-state index is 0.0520. The summed E-state index contributed by atoms with van der Waals surface area (Å²) in [5.74, 6) is 0.569. The molecule has 2 nitrogen and oxygen atoms in total. The van der Waals surface area contributed by atoms with Gasteiger partial charge in [0.1, 0.15) is 11.5 Å².